The molecule has 7 heteroatoms. The van der Waals surface area contributed by atoms with Crippen molar-refractivity contribution in [2.75, 3.05) is 24.5 Å². The van der Waals surface area contributed by atoms with Crippen LogP contribution in [0.25, 0.3) is 0 Å². The molecule has 0 aliphatic carbocycles. The summed E-state index contributed by atoms with van der Waals surface area (Å²) in [5.41, 5.74) is -0.172. The minimum atomic E-state index is -1.16. The first-order chi connectivity index (χ1) is 8.08. The molecule has 1 amide bonds. The maximum atomic E-state index is 11.4. The number of rotatable bonds is 6. The number of nitrogens with one attached hydrogen (secondary N) is 1. The van der Waals surface area contributed by atoms with Crippen molar-refractivity contribution in [1.29, 1.82) is 0 Å². The van der Waals surface area contributed by atoms with E-state index in [-0.39, 0.29) is 24.2 Å². The highest BCUT2D eigenvalue weighted by molar-refractivity contribution is 5.85. The molecule has 0 aliphatic rings. The van der Waals surface area contributed by atoms with Crippen LogP contribution in [0.5, 0.6) is 0 Å². The summed E-state index contributed by atoms with van der Waals surface area (Å²) in [7, 11) is 0. The molecule has 17 heavy (non-hydrogen) atoms. The molecule has 0 aliphatic heterocycles. The van der Waals surface area contributed by atoms with E-state index in [1.54, 1.807) is 4.90 Å². The second-order valence-corrected chi connectivity index (χ2v) is 3.29. The van der Waals surface area contributed by atoms with E-state index in [0.29, 0.717) is 13.1 Å². The van der Waals surface area contributed by atoms with E-state index in [1.165, 1.54) is 0 Å². The summed E-state index contributed by atoms with van der Waals surface area (Å²) >= 11 is 0. The average molecular weight is 241 g/mol. The minimum Gasteiger partial charge on any atom is -0.476 e. The molecule has 0 saturated heterocycles. The van der Waals surface area contributed by atoms with Crippen molar-refractivity contribution >= 4 is 17.9 Å². The Kier molecular flexibility index (Phi) is 4.50. The van der Waals surface area contributed by atoms with Crippen molar-refractivity contribution in [3.8, 4) is 0 Å². The number of carboxylic acid groups (broad SMARTS) is 1. The van der Waals surface area contributed by atoms with E-state index in [2.05, 4.69) is 10.3 Å². The third-order valence-corrected chi connectivity index (χ3v) is 2.07. The van der Waals surface area contributed by atoms with E-state index < -0.39 is 5.97 Å². The number of likely N-dealkylation sites (N-methyl/N-ethyl adjacent to an activating group) is 2. The number of hydrogen-bond donors (Lipinski definition) is 2. The lowest BCUT2D eigenvalue weighted by Gasteiger charge is -2.17. The van der Waals surface area contributed by atoms with Crippen LogP contribution in [0.15, 0.2) is 10.7 Å². The summed E-state index contributed by atoms with van der Waals surface area (Å²) in [5.74, 6) is -1.32. The fourth-order valence-electron chi connectivity index (χ4n) is 1.25. The van der Waals surface area contributed by atoms with E-state index in [9.17, 15) is 9.59 Å². The molecule has 0 atom stereocenters. The molecule has 0 bridgehead atoms. The van der Waals surface area contributed by atoms with Crippen LogP contribution < -0.4 is 10.2 Å². The highest BCUT2D eigenvalue weighted by atomic mass is 16.4. The van der Waals surface area contributed by atoms with Gasteiger partial charge in [0.15, 0.2) is 5.69 Å². The molecule has 2 N–H and O–H groups in total. The first-order valence-electron chi connectivity index (χ1n) is 5.28. The summed E-state index contributed by atoms with van der Waals surface area (Å²) < 4.78 is 5.01. The number of anilines is 1. The van der Waals surface area contributed by atoms with Crippen LogP contribution in [0.3, 0.4) is 0 Å². The van der Waals surface area contributed by atoms with Crippen molar-refractivity contribution in [3.63, 3.8) is 0 Å². The van der Waals surface area contributed by atoms with Crippen molar-refractivity contribution in [2.24, 2.45) is 0 Å². The first kappa shape index (κ1) is 13.0. The van der Waals surface area contributed by atoms with E-state index in [0.717, 1.165) is 6.26 Å². The molecular formula is C10H15N3O4. The SMILES string of the molecule is CCNC(=O)CN(CC)c1nc(C(=O)O)co1. The van der Waals surface area contributed by atoms with Crippen molar-refractivity contribution in [2.45, 2.75) is 13.8 Å². The number of aromatic carboxylic acids is 1. The Morgan fingerprint density at radius 1 is 1.53 bits per heavy atom. The Morgan fingerprint density at radius 3 is 2.71 bits per heavy atom. The summed E-state index contributed by atoms with van der Waals surface area (Å²) in [4.78, 5) is 27.3. The Labute approximate surface area is 98.4 Å². The lowest BCUT2D eigenvalue weighted by molar-refractivity contribution is -0.119. The largest absolute Gasteiger partial charge is 0.476 e. The van der Waals surface area contributed by atoms with Gasteiger partial charge in [0.25, 0.3) is 6.01 Å². The second kappa shape index (κ2) is 5.88. The predicted octanol–water partition coefficient (Wildman–Crippen LogP) is 0.335. The topological polar surface area (TPSA) is 95.7 Å². The van der Waals surface area contributed by atoms with Crippen molar-refractivity contribution in [1.82, 2.24) is 10.3 Å². The summed E-state index contributed by atoms with van der Waals surface area (Å²) in [5, 5.41) is 11.3. The molecule has 1 heterocycles. The Bertz CT molecular complexity index is 402. The second-order valence-electron chi connectivity index (χ2n) is 3.29. The Morgan fingerprint density at radius 2 is 2.24 bits per heavy atom. The summed E-state index contributed by atoms with van der Waals surface area (Å²) in [6.45, 7) is 4.77. The zero-order chi connectivity index (χ0) is 12.8. The van der Waals surface area contributed by atoms with Crippen LogP contribution in [0.4, 0.5) is 6.01 Å². The predicted molar refractivity (Wildman–Crippen MR) is 60.0 cm³/mol. The molecule has 1 aromatic rings. The third kappa shape index (κ3) is 3.47. The van der Waals surface area contributed by atoms with Crippen LogP contribution in [0, 0.1) is 0 Å². The van der Waals surface area contributed by atoms with E-state index in [4.69, 9.17) is 9.52 Å². The van der Waals surface area contributed by atoms with Gasteiger partial charge < -0.3 is 19.7 Å². The lowest BCUT2D eigenvalue weighted by atomic mass is 10.4. The van der Waals surface area contributed by atoms with Crippen LogP contribution in [0.1, 0.15) is 24.3 Å². The van der Waals surface area contributed by atoms with Gasteiger partial charge in [-0.05, 0) is 13.8 Å². The average Bonchev–Trinajstić information content (AvgIpc) is 2.75. The third-order valence-electron chi connectivity index (χ3n) is 2.07. The maximum Gasteiger partial charge on any atom is 0.357 e. The number of oxazole rings is 1. The summed E-state index contributed by atoms with van der Waals surface area (Å²) in [6.07, 6.45) is 1.05. The summed E-state index contributed by atoms with van der Waals surface area (Å²) in [6, 6.07) is 0.135. The van der Waals surface area contributed by atoms with Gasteiger partial charge in [0, 0.05) is 13.1 Å². The highest BCUT2D eigenvalue weighted by Crippen LogP contribution is 2.12. The van der Waals surface area contributed by atoms with Gasteiger partial charge in [0.2, 0.25) is 5.91 Å². The molecule has 0 radical (unpaired) electrons. The van der Waals surface area contributed by atoms with Gasteiger partial charge in [-0.15, -0.1) is 0 Å². The van der Waals surface area contributed by atoms with E-state index >= 15 is 0 Å². The van der Waals surface area contributed by atoms with Gasteiger partial charge in [-0.1, -0.05) is 0 Å². The van der Waals surface area contributed by atoms with Gasteiger partial charge in [-0.3, -0.25) is 4.79 Å². The van der Waals surface area contributed by atoms with Crippen molar-refractivity contribution < 1.29 is 19.1 Å². The normalized spacial score (nSPS) is 10.0. The molecule has 7 nitrogen and oxygen atoms in total. The van der Waals surface area contributed by atoms with Gasteiger partial charge in [-0.2, -0.15) is 4.98 Å². The fourth-order valence-corrected chi connectivity index (χ4v) is 1.25. The molecule has 0 aromatic carbocycles. The number of hydrogen-bond acceptors (Lipinski definition) is 5. The van der Waals surface area contributed by atoms with Crippen LogP contribution in [0.2, 0.25) is 0 Å². The fraction of sp³-hybridized carbons (Fsp3) is 0.500. The number of aromatic nitrogens is 1. The lowest BCUT2D eigenvalue weighted by Crippen LogP contribution is -2.37. The van der Waals surface area contributed by atoms with Gasteiger partial charge in [-0.25, -0.2) is 4.79 Å². The number of amides is 1. The molecule has 0 spiro atoms. The molecule has 0 saturated carbocycles. The molecule has 1 rings (SSSR count). The van der Waals surface area contributed by atoms with Gasteiger partial charge in [0.05, 0.1) is 0 Å². The maximum absolute atomic E-state index is 11.4. The number of carboxylic acids is 1. The van der Waals surface area contributed by atoms with Crippen LogP contribution in [-0.4, -0.2) is 41.6 Å². The molecular weight excluding hydrogens is 226 g/mol. The van der Waals surface area contributed by atoms with Crippen molar-refractivity contribution in [3.05, 3.63) is 12.0 Å². The Hall–Kier alpha value is -2.05. The molecule has 0 fully saturated rings. The quantitative estimate of drug-likeness (QED) is 0.745. The van der Waals surface area contributed by atoms with E-state index in [1.807, 2.05) is 13.8 Å². The number of nitrogens with zero attached hydrogens (tertiary/aromatic N) is 2. The first-order valence-corrected chi connectivity index (χ1v) is 5.28. The van der Waals surface area contributed by atoms with Crippen LogP contribution >= 0.6 is 0 Å². The molecule has 94 valence electrons. The standard InChI is InChI=1S/C10H15N3O4/c1-3-11-8(14)5-13(4-2)10-12-7(6-17-10)9(15)16/h6H,3-5H2,1-2H3,(H,11,14)(H,15,16). The minimum absolute atomic E-state index is 0.0872. The highest BCUT2D eigenvalue weighted by Gasteiger charge is 2.17. The smallest absolute Gasteiger partial charge is 0.357 e. The Balaban J connectivity index is 2.72. The molecule has 0 unspecified atom stereocenters. The number of carbonyl (C=O) groups is 2. The molecule has 1 aromatic heterocycles. The number of carbonyl (C=O) groups excluding carboxylic acids is 1. The monoisotopic (exact) mass is 241 g/mol. The zero-order valence-corrected chi connectivity index (χ0v) is 9.77. The zero-order valence-electron chi connectivity index (χ0n) is 9.77. The van der Waals surface area contributed by atoms with Gasteiger partial charge in [0.1, 0.15) is 12.8 Å². The van der Waals surface area contributed by atoms with Crippen LogP contribution in [-0.2, 0) is 4.79 Å². The van der Waals surface area contributed by atoms with Gasteiger partial charge >= 0.3 is 5.97 Å².